The summed E-state index contributed by atoms with van der Waals surface area (Å²) in [5.74, 6) is -1.62. The SMILES string of the molecule is CC(C12CC3CC(C1)C(=O)C(C3)C2)C(F)(F)S(=O)(=O)[O-].CCCCCCCCCCCC(=O)OCCN1CCOCC1.c1ccc([S+](c2ccccc2)c2ccccc2)cc1. The van der Waals surface area contributed by atoms with E-state index in [1.807, 2.05) is 0 Å². The predicted molar refractivity (Wildman–Crippen MR) is 236 cm³/mol. The van der Waals surface area contributed by atoms with Crippen LogP contribution in [0, 0.1) is 29.1 Å². The molecule has 1 heterocycles. The van der Waals surface area contributed by atoms with Gasteiger partial charge in [0.25, 0.3) is 0 Å². The fourth-order valence-electron chi connectivity index (χ4n) is 9.75. The molecule has 1 saturated heterocycles. The Morgan fingerprint density at radius 1 is 0.803 bits per heavy atom. The molecular formula is C49H67F2NO7S2. The standard InChI is InChI=1S/C18H35NO3.C18H15S.C13H18F2O4S/c1-2-3-4-5-6-7-8-9-10-11-18(20)22-17-14-19-12-15-21-16-13-19;1-4-10-16(11-5-1)19(17-12-6-2-7-13-17)18-14-8-3-9-15-18;1-7(13(14,15)20(17,18)19)12-4-8-2-9(5-12)11(16)10(3-8)6-12/h2-17H2,1H3;1-15H;7-10H,2-6H2,1H3,(H,17,18,19)/q;+1;/p-1. The van der Waals surface area contributed by atoms with Gasteiger partial charge in [0.1, 0.15) is 12.4 Å². The summed E-state index contributed by atoms with van der Waals surface area (Å²) in [6.07, 6.45) is 14.7. The van der Waals surface area contributed by atoms with Crippen molar-refractivity contribution in [1.82, 2.24) is 4.90 Å². The number of halogens is 2. The van der Waals surface area contributed by atoms with Crippen LogP contribution < -0.4 is 0 Å². The van der Waals surface area contributed by atoms with E-state index in [-0.39, 0.29) is 40.4 Å². The Morgan fingerprint density at radius 3 is 1.72 bits per heavy atom. The van der Waals surface area contributed by atoms with E-state index in [1.165, 1.54) is 59.6 Å². The normalized spacial score (nSPS) is 22.8. The quantitative estimate of drug-likeness (QED) is 0.0506. The van der Waals surface area contributed by atoms with Gasteiger partial charge >= 0.3 is 11.2 Å². The topological polar surface area (TPSA) is 113 Å². The maximum atomic E-state index is 13.9. The zero-order valence-electron chi connectivity index (χ0n) is 36.2. The zero-order valence-corrected chi connectivity index (χ0v) is 37.8. The molecule has 3 unspecified atom stereocenters. The van der Waals surface area contributed by atoms with Gasteiger partial charge < -0.3 is 14.0 Å². The van der Waals surface area contributed by atoms with Crippen molar-refractivity contribution in [3.8, 4) is 0 Å². The minimum absolute atomic E-state index is 0.0146. The van der Waals surface area contributed by atoms with Crippen molar-refractivity contribution in [1.29, 1.82) is 0 Å². The fourth-order valence-corrected chi connectivity index (χ4v) is 12.5. The summed E-state index contributed by atoms with van der Waals surface area (Å²) in [7, 11) is -5.69. The van der Waals surface area contributed by atoms with Crippen molar-refractivity contribution in [2.45, 2.75) is 130 Å². The second-order valence-corrected chi connectivity index (χ2v) is 20.8. The molecule has 12 heteroatoms. The minimum Gasteiger partial charge on any atom is -0.743 e. The molecule has 3 aromatic carbocycles. The molecule has 3 atom stereocenters. The molecule has 4 saturated carbocycles. The summed E-state index contributed by atoms with van der Waals surface area (Å²) in [4.78, 5) is 30.0. The van der Waals surface area contributed by atoms with Gasteiger partial charge in [0.2, 0.25) is 0 Å². The second kappa shape index (κ2) is 24.1. The number of carbonyl (C=O) groups is 2. The summed E-state index contributed by atoms with van der Waals surface area (Å²) in [5, 5.41) is -4.26. The zero-order chi connectivity index (χ0) is 43.7. The average Bonchev–Trinajstić information content (AvgIpc) is 3.26. The Morgan fingerprint density at radius 2 is 1.26 bits per heavy atom. The van der Waals surface area contributed by atoms with E-state index in [9.17, 15) is 31.3 Å². The lowest BCUT2D eigenvalue weighted by Crippen LogP contribution is -2.57. The number of hydrogen-bond acceptors (Lipinski definition) is 8. The largest absolute Gasteiger partial charge is 0.743 e. The van der Waals surface area contributed by atoms with Gasteiger partial charge in [0, 0.05) is 43.8 Å². The van der Waals surface area contributed by atoms with Crippen molar-refractivity contribution in [2.75, 3.05) is 39.5 Å². The molecule has 8 nitrogen and oxygen atoms in total. The number of rotatable bonds is 19. The highest BCUT2D eigenvalue weighted by molar-refractivity contribution is 7.97. The van der Waals surface area contributed by atoms with Crippen LogP contribution >= 0.6 is 0 Å². The first-order valence-electron chi connectivity index (χ1n) is 22.6. The van der Waals surface area contributed by atoms with Crippen molar-refractivity contribution < 1.29 is 40.8 Å². The number of ketones is 1. The van der Waals surface area contributed by atoms with Crippen LogP contribution in [0.1, 0.15) is 110 Å². The number of morpholine rings is 1. The number of nitrogens with zero attached hydrogens (tertiary/aromatic N) is 1. The first-order valence-corrected chi connectivity index (χ1v) is 25.2. The van der Waals surface area contributed by atoms with Gasteiger partial charge in [-0.3, -0.25) is 14.5 Å². The predicted octanol–water partition coefficient (Wildman–Crippen LogP) is 10.7. The van der Waals surface area contributed by atoms with Crippen molar-refractivity contribution >= 4 is 32.8 Å². The van der Waals surface area contributed by atoms with Crippen LogP contribution in [0.3, 0.4) is 0 Å². The third-order valence-electron chi connectivity index (χ3n) is 13.0. The van der Waals surface area contributed by atoms with E-state index >= 15 is 0 Å². The van der Waals surface area contributed by atoms with Crippen LogP contribution in [0.4, 0.5) is 8.78 Å². The number of alkyl halides is 2. The highest BCUT2D eigenvalue weighted by Gasteiger charge is 2.62. The van der Waals surface area contributed by atoms with Crippen LogP contribution in [-0.4, -0.2) is 74.3 Å². The van der Waals surface area contributed by atoms with Crippen LogP contribution in [0.5, 0.6) is 0 Å². The molecule has 0 spiro atoms. The third kappa shape index (κ3) is 14.2. The Hall–Kier alpha value is -3.16. The molecule has 0 radical (unpaired) electrons. The molecule has 1 aliphatic heterocycles. The molecule has 3 aromatic rings. The Kier molecular flexibility index (Phi) is 19.3. The first kappa shape index (κ1) is 48.9. The monoisotopic (exact) mass is 883 g/mol. The summed E-state index contributed by atoms with van der Waals surface area (Å²) >= 11 is 0. The minimum atomic E-state index is -5.68. The number of benzene rings is 3. The fraction of sp³-hybridized carbons (Fsp3) is 0.592. The van der Waals surface area contributed by atoms with Gasteiger partial charge in [0.15, 0.2) is 24.8 Å². The molecule has 0 aromatic heterocycles. The Balaban J connectivity index is 0.000000173. The number of hydrogen-bond donors (Lipinski definition) is 0. The lowest BCUT2D eigenvalue weighted by Gasteiger charge is -2.58. The number of Topliss-reactive ketones (excluding diaryl/α,β-unsaturated/α-hetero) is 1. The van der Waals surface area contributed by atoms with E-state index in [2.05, 4.69) is 103 Å². The molecule has 5 aliphatic rings. The summed E-state index contributed by atoms with van der Waals surface area (Å²) < 4.78 is 71.1. The highest BCUT2D eigenvalue weighted by atomic mass is 32.2. The summed E-state index contributed by atoms with van der Waals surface area (Å²) in [6, 6.07) is 32.2. The molecular weight excluding hydrogens is 817 g/mol. The van der Waals surface area contributed by atoms with Gasteiger partial charge in [-0.05, 0) is 86.3 Å². The third-order valence-corrected chi connectivity index (χ3v) is 16.2. The van der Waals surface area contributed by atoms with Gasteiger partial charge in [0.05, 0.1) is 24.1 Å². The smallest absolute Gasteiger partial charge is 0.337 e. The highest BCUT2D eigenvalue weighted by Crippen LogP contribution is 2.64. The van der Waals surface area contributed by atoms with Gasteiger partial charge in [-0.25, -0.2) is 8.42 Å². The number of ether oxygens (including phenoxy) is 2. The van der Waals surface area contributed by atoms with E-state index < -0.39 is 26.7 Å². The molecule has 0 N–H and O–H groups in total. The Bertz CT molecular complexity index is 1750. The molecule has 5 fully saturated rings. The number of unbranched alkanes of at least 4 members (excludes halogenated alkanes) is 8. The van der Waals surface area contributed by atoms with Crippen LogP contribution in [0.25, 0.3) is 0 Å². The van der Waals surface area contributed by atoms with Crippen molar-refractivity contribution in [2.24, 2.45) is 29.1 Å². The van der Waals surface area contributed by atoms with Gasteiger partial charge in [-0.15, -0.1) is 0 Å². The molecule has 8 rings (SSSR count). The van der Waals surface area contributed by atoms with Gasteiger partial charge in [-0.2, -0.15) is 8.78 Å². The van der Waals surface area contributed by atoms with E-state index in [0.29, 0.717) is 32.3 Å². The van der Waals surface area contributed by atoms with Crippen molar-refractivity contribution in [3.63, 3.8) is 0 Å². The second-order valence-electron chi connectivity index (χ2n) is 17.3. The maximum Gasteiger partial charge on any atom is 0.337 e. The maximum absolute atomic E-state index is 13.9. The number of carbonyl (C=O) groups excluding carboxylic acids is 2. The van der Waals surface area contributed by atoms with Crippen molar-refractivity contribution in [3.05, 3.63) is 91.0 Å². The summed E-state index contributed by atoms with van der Waals surface area (Å²) in [5.41, 5.74) is -0.870. The average molecular weight is 884 g/mol. The number of esters is 1. The Labute approximate surface area is 366 Å². The molecule has 61 heavy (non-hydrogen) atoms. The first-order chi connectivity index (χ1) is 29.3. The van der Waals surface area contributed by atoms with Crippen LogP contribution in [0.15, 0.2) is 106 Å². The molecule has 4 aliphatic carbocycles. The van der Waals surface area contributed by atoms with E-state index in [0.717, 1.165) is 65.5 Å². The molecule has 336 valence electrons. The molecule has 4 bridgehead atoms. The summed E-state index contributed by atoms with van der Waals surface area (Å²) in [6.45, 7) is 8.28. The van der Waals surface area contributed by atoms with E-state index in [1.54, 1.807) is 0 Å². The van der Waals surface area contributed by atoms with Gasteiger partial charge in [-0.1, -0.05) is 120 Å². The lowest BCUT2D eigenvalue weighted by atomic mass is 9.46. The van der Waals surface area contributed by atoms with Crippen LogP contribution in [-0.2, 0) is 40.1 Å². The molecule has 0 amide bonds. The van der Waals surface area contributed by atoms with Crippen LogP contribution in [0.2, 0.25) is 0 Å². The lowest BCUT2D eigenvalue weighted by molar-refractivity contribution is -0.163. The van der Waals surface area contributed by atoms with E-state index in [4.69, 9.17) is 9.47 Å².